The van der Waals surface area contributed by atoms with E-state index in [1.165, 1.54) is 24.2 Å². The van der Waals surface area contributed by atoms with Gasteiger partial charge in [-0.3, -0.25) is 4.79 Å². The first-order valence-electron chi connectivity index (χ1n) is 7.38. The molecule has 0 unspecified atom stereocenters. The van der Waals surface area contributed by atoms with E-state index in [0.717, 1.165) is 10.5 Å². The lowest BCUT2D eigenvalue weighted by Crippen LogP contribution is -2.09. The van der Waals surface area contributed by atoms with Crippen LogP contribution in [-0.4, -0.2) is 22.0 Å². The fourth-order valence-corrected chi connectivity index (χ4v) is 3.08. The van der Waals surface area contributed by atoms with Gasteiger partial charge >= 0.3 is 0 Å². The summed E-state index contributed by atoms with van der Waals surface area (Å²) in [5, 5.41) is 16.9. The predicted molar refractivity (Wildman–Crippen MR) is 88.8 cm³/mol. The number of rotatable bonds is 5. The minimum atomic E-state index is -0.184. The van der Waals surface area contributed by atoms with Crippen LogP contribution in [0.2, 0.25) is 0 Å². The monoisotopic (exact) mass is 329 g/mol. The van der Waals surface area contributed by atoms with E-state index in [0.29, 0.717) is 27.9 Å². The average molecular weight is 329 g/mol. The largest absolute Gasteiger partial charge is 0.459 e. The van der Waals surface area contributed by atoms with Crippen molar-refractivity contribution in [2.45, 2.75) is 25.5 Å². The minimum absolute atomic E-state index is 0.145. The molecule has 1 saturated carbocycles. The molecule has 0 aliphatic heterocycles. The number of benzene rings is 1. The summed E-state index contributed by atoms with van der Waals surface area (Å²) >= 11 is 1.35. The summed E-state index contributed by atoms with van der Waals surface area (Å²) in [7, 11) is 0. The van der Waals surface area contributed by atoms with Crippen molar-refractivity contribution in [3.05, 3.63) is 41.1 Å². The molecular formula is C16H15N3O3S. The SMILES string of the molecule is O=C(Nc1ccc2oc(CO)cc2c1)c1cnc(NC2CC2)s1. The van der Waals surface area contributed by atoms with Crippen molar-refractivity contribution in [1.29, 1.82) is 0 Å². The molecule has 0 radical (unpaired) electrons. The van der Waals surface area contributed by atoms with E-state index in [-0.39, 0.29) is 12.5 Å². The first-order valence-corrected chi connectivity index (χ1v) is 8.20. The second kappa shape index (κ2) is 5.68. The lowest BCUT2D eigenvalue weighted by atomic mass is 10.2. The third kappa shape index (κ3) is 3.06. The van der Waals surface area contributed by atoms with Crippen molar-refractivity contribution >= 4 is 39.0 Å². The second-order valence-corrected chi connectivity index (χ2v) is 6.56. The highest BCUT2D eigenvalue weighted by atomic mass is 32.1. The van der Waals surface area contributed by atoms with Crippen LogP contribution in [0, 0.1) is 0 Å². The first-order chi connectivity index (χ1) is 11.2. The number of fused-ring (bicyclic) bond motifs is 1. The predicted octanol–water partition coefficient (Wildman–Crippen LogP) is 3.21. The summed E-state index contributed by atoms with van der Waals surface area (Å²) in [6.45, 7) is -0.145. The molecule has 23 heavy (non-hydrogen) atoms. The Morgan fingerprint density at radius 1 is 1.39 bits per heavy atom. The van der Waals surface area contributed by atoms with Crippen LogP contribution >= 0.6 is 11.3 Å². The van der Waals surface area contributed by atoms with E-state index in [2.05, 4.69) is 15.6 Å². The maximum atomic E-state index is 12.3. The van der Waals surface area contributed by atoms with Crippen LogP contribution < -0.4 is 10.6 Å². The van der Waals surface area contributed by atoms with Crippen molar-refractivity contribution in [3.8, 4) is 0 Å². The Balaban J connectivity index is 1.49. The second-order valence-electron chi connectivity index (χ2n) is 5.53. The highest BCUT2D eigenvalue weighted by Crippen LogP contribution is 2.28. The van der Waals surface area contributed by atoms with E-state index in [1.807, 2.05) is 6.07 Å². The van der Waals surface area contributed by atoms with Crippen molar-refractivity contribution in [1.82, 2.24) is 4.98 Å². The molecule has 3 N–H and O–H groups in total. The van der Waals surface area contributed by atoms with E-state index in [4.69, 9.17) is 9.52 Å². The van der Waals surface area contributed by atoms with Crippen molar-refractivity contribution in [2.24, 2.45) is 0 Å². The fourth-order valence-electron chi connectivity index (χ4n) is 2.29. The first kappa shape index (κ1) is 14.2. The number of aliphatic hydroxyl groups excluding tert-OH is 1. The molecule has 1 aromatic carbocycles. The van der Waals surface area contributed by atoms with Crippen molar-refractivity contribution in [3.63, 3.8) is 0 Å². The van der Waals surface area contributed by atoms with Gasteiger partial charge in [-0.05, 0) is 37.1 Å². The van der Waals surface area contributed by atoms with Gasteiger partial charge in [0.05, 0.1) is 6.20 Å². The number of anilines is 2. The number of thiazole rings is 1. The molecule has 2 heterocycles. The van der Waals surface area contributed by atoms with Gasteiger partial charge in [0.1, 0.15) is 22.8 Å². The molecule has 0 spiro atoms. The molecule has 1 fully saturated rings. The molecule has 0 bridgehead atoms. The van der Waals surface area contributed by atoms with E-state index in [1.54, 1.807) is 24.4 Å². The van der Waals surface area contributed by atoms with Gasteiger partial charge in [-0.25, -0.2) is 4.98 Å². The van der Waals surface area contributed by atoms with Crippen molar-refractivity contribution in [2.75, 3.05) is 10.6 Å². The van der Waals surface area contributed by atoms with E-state index in [9.17, 15) is 4.79 Å². The zero-order chi connectivity index (χ0) is 15.8. The Morgan fingerprint density at radius 2 is 2.26 bits per heavy atom. The van der Waals surface area contributed by atoms with Gasteiger partial charge in [-0.1, -0.05) is 11.3 Å². The molecular weight excluding hydrogens is 314 g/mol. The molecule has 1 aliphatic carbocycles. The minimum Gasteiger partial charge on any atom is -0.459 e. The summed E-state index contributed by atoms with van der Waals surface area (Å²) in [6.07, 6.45) is 3.92. The van der Waals surface area contributed by atoms with Gasteiger partial charge in [-0.15, -0.1) is 0 Å². The number of hydrogen-bond acceptors (Lipinski definition) is 6. The van der Waals surface area contributed by atoms with E-state index < -0.39 is 0 Å². The maximum Gasteiger partial charge on any atom is 0.267 e. The average Bonchev–Trinajstić information content (AvgIpc) is 3.08. The summed E-state index contributed by atoms with van der Waals surface area (Å²) in [6, 6.07) is 7.64. The Morgan fingerprint density at radius 3 is 3.04 bits per heavy atom. The third-order valence-corrected chi connectivity index (χ3v) is 4.54. The lowest BCUT2D eigenvalue weighted by Gasteiger charge is -2.03. The van der Waals surface area contributed by atoms with Gasteiger partial charge in [0, 0.05) is 17.1 Å². The molecule has 7 heteroatoms. The van der Waals surface area contributed by atoms with E-state index >= 15 is 0 Å². The van der Waals surface area contributed by atoms with Crippen LogP contribution in [0.15, 0.2) is 34.9 Å². The number of carbonyl (C=O) groups is 1. The number of hydrogen-bond donors (Lipinski definition) is 3. The molecule has 0 saturated heterocycles. The van der Waals surface area contributed by atoms with Crippen molar-refractivity contribution < 1.29 is 14.3 Å². The molecule has 3 aromatic rings. The quantitative estimate of drug-likeness (QED) is 0.669. The smallest absolute Gasteiger partial charge is 0.267 e. The lowest BCUT2D eigenvalue weighted by molar-refractivity contribution is 0.103. The Labute approximate surface area is 136 Å². The number of furan rings is 1. The summed E-state index contributed by atoms with van der Waals surface area (Å²) in [4.78, 5) is 17.1. The maximum absolute atomic E-state index is 12.3. The number of carbonyl (C=O) groups excluding carboxylic acids is 1. The van der Waals surface area contributed by atoms with Crippen LogP contribution in [0.25, 0.3) is 11.0 Å². The Hall–Kier alpha value is -2.38. The molecule has 0 atom stereocenters. The number of nitrogens with zero attached hydrogens (tertiary/aromatic N) is 1. The molecule has 118 valence electrons. The summed E-state index contributed by atoms with van der Waals surface area (Å²) in [5.41, 5.74) is 1.36. The van der Waals surface area contributed by atoms with Gasteiger partial charge in [0.25, 0.3) is 5.91 Å². The highest BCUT2D eigenvalue weighted by molar-refractivity contribution is 7.17. The normalized spacial score (nSPS) is 14.1. The zero-order valence-electron chi connectivity index (χ0n) is 12.2. The van der Waals surface area contributed by atoms with Crippen LogP contribution in [0.3, 0.4) is 0 Å². The third-order valence-electron chi connectivity index (χ3n) is 3.62. The number of amides is 1. The van der Waals surface area contributed by atoms with Gasteiger partial charge < -0.3 is 20.2 Å². The number of aliphatic hydroxyl groups is 1. The zero-order valence-corrected chi connectivity index (χ0v) is 13.0. The molecule has 4 rings (SSSR count). The molecule has 1 aliphatic rings. The molecule has 2 aromatic heterocycles. The summed E-state index contributed by atoms with van der Waals surface area (Å²) < 4.78 is 5.43. The van der Waals surface area contributed by atoms with Crippen LogP contribution in [0.4, 0.5) is 10.8 Å². The van der Waals surface area contributed by atoms with Crippen LogP contribution in [0.5, 0.6) is 0 Å². The highest BCUT2D eigenvalue weighted by Gasteiger charge is 2.22. The standard InChI is InChI=1S/C16H15N3O3S/c20-8-12-6-9-5-11(3-4-13(9)22-12)18-15(21)14-7-17-16(23-14)19-10-1-2-10/h3-7,10,20H,1-2,8H2,(H,17,19)(H,18,21). The molecule has 6 nitrogen and oxygen atoms in total. The molecule has 1 amide bonds. The number of nitrogens with one attached hydrogen (secondary N) is 2. The fraction of sp³-hybridized carbons (Fsp3) is 0.250. The van der Waals surface area contributed by atoms with Crippen LogP contribution in [0.1, 0.15) is 28.3 Å². The van der Waals surface area contributed by atoms with Gasteiger partial charge in [-0.2, -0.15) is 0 Å². The van der Waals surface area contributed by atoms with Crippen LogP contribution in [-0.2, 0) is 6.61 Å². The Bertz CT molecular complexity index is 866. The number of aromatic nitrogens is 1. The Kier molecular flexibility index (Phi) is 3.51. The van der Waals surface area contributed by atoms with Gasteiger partial charge in [0.2, 0.25) is 0 Å². The summed E-state index contributed by atoms with van der Waals surface area (Å²) in [5.74, 6) is 0.318. The van der Waals surface area contributed by atoms with Gasteiger partial charge in [0.15, 0.2) is 5.13 Å². The topological polar surface area (TPSA) is 87.4 Å².